The number of aromatic nitrogens is 4. The standard InChI is InChI=1S/C14H18N6O/c21-14(16-9-11-4-3-7-15-8-11)12-5-1-2-6-13(12)20-10-17-18-19-20/h1-2,5-6,10-11,15H,3-4,7-9H2,(H,16,21). The van der Waals surface area contributed by atoms with Crippen LogP contribution in [0.25, 0.3) is 5.69 Å². The molecule has 2 N–H and O–H groups in total. The van der Waals surface area contributed by atoms with Crippen molar-refractivity contribution in [3.63, 3.8) is 0 Å². The molecule has 0 spiro atoms. The fourth-order valence-corrected chi connectivity index (χ4v) is 2.57. The number of rotatable bonds is 4. The Labute approximate surface area is 122 Å². The van der Waals surface area contributed by atoms with Gasteiger partial charge >= 0.3 is 0 Å². The number of nitrogens with one attached hydrogen (secondary N) is 2. The van der Waals surface area contributed by atoms with Gasteiger partial charge in [-0.3, -0.25) is 4.79 Å². The molecule has 0 aliphatic carbocycles. The van der Waals surface area contributed by atoms with E-state index in [9.17, 15) is 4.79 Å². The van der Waals surface area contributed by atoms with Crippen LogP contribution in [0.5, 0.6) is 0 Å². The van der Waals surface area contributed by atoms with Crippen molar-refractivity contribution >= 4 is 5.91 Å². The van der Waals surface area contributed by atoms with E-state index in [0.29, 0.717) is 23.7 Å². The summed E-state index contributed by atoms with van der Waals surface area (Å²) in [6.07, 6.45) is 3.81. The molecule has 2 heterocycles. The Hall–Kier alpha value is -2.28. The predicted molar refractivity (Wildman–Crippen MR) is 77.1 cm³/mol. The first-order valence-electron chi connectivity index (χ1n) is 7.16. The number of carbonyl (C=O) groups is 1. The minimum absolute atomic E-state index is 0.0910. The Morgan fingerprint density at radius 1 is 1.43 bits per heavy atom. The normalized spacial score (nSPS) is 18.4. The van der Waals surface area contributed by atoms with E-state index < -0.39 is 0 Å². The molecule has 0 bridgehead atoms. The van der Waals surface area contributed by atoms with Gasteiger partial charge in [0.15, 0.2) is 0 Å². The quantitative estimate of drug-likeness (QED) is 0.849. The third kappa shape index (κ3) is 3.25. The van der Waals surface area contributed by atoms with Crippen LogP contribution in [0.2, 0.25) is 0 Å². The van der Waals surface area contributed by atoms with Crippen LogP contribution in [-0.4, -0.2) is 45.7 Å². The Morgan fingerprint density at radius 3 is 3.10 bits per heavy atom. The van der Waals surface area contributed by atoms with Gasteiger partial charge in [0.1, 0.15) is 6.33 Å². The van der Waals surface area contributed by atoms with Crippen molar-refractivity contribution in [1.29, 1.82) is 0 Å². The Balaban J connectivity index is 1.70. The average Bonchev–Trinajstić information content (AvgIpc) is 3.08. The van der Waals surface area contributed by atoms with Crippen LogP contribution in [-0.2, 0) is 0 Å². The molecule has 1 amide bonds. The predicted octanol–water partition coefficient (Wildman–Crippen LogP) is 0.392. The maximum Gasteiger partial charge on any atom is 0.253 e. The number of benzene rings is 1. The molecule has 1 atom stereocenters. The van der Waals surface area contributed by atoms with Gasteiger partial charge in [-0.1, -0.05) is 12.1 Å². The van der Waals surface area contributed by atoms with E-state index >= 15 is 0 Å². The smallest absolute Gasteiger partial charge is 0.253 e. The highest BCUT2D eigenvalue weighted by atomic mass is 16.1. The molecule has 1 unspecified atom stereocenters. The van der Waals surface area contributed by atoms with E-state index in [0.717, 1.165) is 19.5 Å². The van der Waals surface area contributed by atoms with Crippen molar-refractivity contribution in [1.82, 2.24) is 30.8 Å². The first-order valence-corrected chi connectivity index (χ1v) is 7.16. The fourth-order valence-electron chi connectivity index (χ4n) is 2.57. The van der Waals surface area contributed by atoms with Crippen LogP contribution >= 0.6 is 0 Å². The fraction of sp³-hybridized carbons (Fsp3) is 0.429. The number of amides is 1. The SMILES string of the molecule is O=C(NCC1CCCNC1)c1ccccc1-n1cnnn1. The van der Waals surface area contributed by atoms with E-state index in [1.54, 1.807) is 6.07 Å². The highest BCUT2D eigenvalue weighted by molar-refractivity contribution is 5.97. The van der Waals surface area contributed by atoms with Crippen LogP contribution in [0.1, 0.15) is 23.2 Å². The maximum absolute atomic E-state index is 12.4. The van der Waals surface area contributed by atoms with Gasteiger partial charge in [-0.15, -0.1) is 5.10 Å². The van der Waals surface area contributed by atoms with Gasteiger partial charge in [-0.05, 0) is 54.4 Å². The first-order chi connectivity index (χ1) is 10.3. The molecule has 1 fully saturated rings. The van der Waals surface area contributed by atoms with Crippen LogP contribution in [0.15, 0.2) is 30.6 Å². The second kappa shape index (κ2) is 6.45. The molecule has 2 aromatic rings. The van der Waals surface area contributed by atoms with Gasteiger partial charge in [0, 0.05) is 6.54 Å². The molecular formula is C14H18N6O. The summed E-state index contributed by atoms with van der Waals surface area (Å²) >= 11 is 0. The van der Waals surface area contributed by atoms with Crippen molar-refractivity contribution in [2.24, 2.45) is 5.92 Å². The molecule has 1 saturated heterocycles. The summed E-state index contributed by atoms with van der Waals surface area (Å²) in [6.45, 7) is 2.73. The summed E-state index contributed by atoms with van der Waals surface area (Å²) in [7, 11) is 0. The zero-order valence-corrected chi connectivity index (χ0v) is 11.7. The molecule has 7 heteroatoms. The minimum atomic E-state index is -0.0910. The van der Waals surface area contributed by atoms with Crippen LogP contribution in [0, 0.1) is 5.92 Å². The summed E-state index contributed by atoms with van der Waals surface area (Å²) in [5.41, 5.74) is 1.26. The third-order valence-electron chi connectivity index (χ3n) is 3.69. The molecule has 1 aromatic carbocycles. The lowest BCUT2D eigenvalue weighted by molar-refractivity contribution is 0.0944. The van der Waals surface area contributed by atoms with Crippen LogP contribution < -0.4 is 10.6 Å². The van der Waals surface area contributed by atoms with E-state index in [4.69, 9.17) is 0 Å². The first kappa shape index (κ1) is 13.7. The highest BCUT2D eigenvalue weighted by Crippen LogP contribution is 2.13. The second-order valence-corrected chi connectivity index (χ2v) is 5.19. The Kier molecular flexibility index (Phi) is 4.20. The molecule has 0 saturated carbocycles. The number of tetrazole rings is 1. The third-order valence-corrected chi connectivity index (χ3v) is 3.69. The molecule has 0 radical (unpaired) electrons. The summed E-state index contributed by atoms with van der Waals surface area (Å²) in [5, 5.41) is 17.4. The Morgan fingerprint density at radius 2 is 2.33 bits per heavy atom. The van der Waals surface area contributed by atoms with Gasteiger partial charge in [-0.2, -0.15) is 4.68 Å². The van der Waals surface area contributed by atoms with Crippen molar-refractivity contribution in [2.45, 2.75) is 12.8 Å². The van der Waals surface area contributed by atoms with Crippen molar-refractivity contribution in [2.75, 3.05) is 19.6 Å². The molecular weight excluding hydrogens is 268 g/mol. The van der Waals surface area contributed by atoms with E-state index in [2.05, 4.69) is 26.2 Å². The largest absolute Gasteiger partial charge is 0.352 e. The monoisotopic (exact) mass is 286 g/mol. The molecule has 1 aromatic heterocycles. The van der Waals surface area contributed by atoms with E-state index in [1.807, 2.05) is 18.2 Å². The number of nitrogens with zero attached hydrogens (tertiary/aromatic N) is 4. The summed E-state index contributed by atoms with van der Waals surface area (Å²) in [5.74, 6) is 0.412. The van der Waals surface area contributed by atoms with E-state index in [-0.39, 0.29) is 5.91 Å². The zero-order valence-electron chi connectivity index (χ0n) is 11.7. The lowest BCUT2D eigenvalue weighted by Gasteiger charge is -2.23. The summed E-state index contributed by atoms with van der Waals surface area (Å²) in [4.78, 5) is 12.4. The van der Waals surface area contributed by atoms with Gasteiger partial charge in [0.2, 0.25) is 0 Å². The average molecular weight is 286 g/mol. The highest BCUT2D eigenvalue weighted by Gasteiger charge is 2.17. The van der Waals surface area contributed by atoms with Gasteiger partial charge in [-0.25, -0.2) is 0 Å². The molecule has 21 heavy (non-hydrogen) atoms. The topological polar surface area (TPSA) is 84.7 Å². The van der Waals surface area contributed by atoms with Gasteiger partial charge in [0.05, 0.1) is 11.3 Å². The second-order valence-electron chi connectivity index (χ2n) is 5.19. The lowest BCUT2D eigenvalue weighted by Crippen LogP contribution is -2.38. The molecule has 3 rings (SSSR count). The summed E-state index contributed by atoms with van der Waals surface area (Å²) in [6, 6.07) is 7.31. The summed E-state index contributed by atoms with van der Waals surface area (Å²) < 4.78 is 1.50. The number of hydrogen-bond acceptors (Lipinski definition) is 5. The molecule has 110 valence electrons. The van der Waals surface area contributed by atoms with Crippen molar-refractivity contribution in [3.8, 4) is 5.69 Å². The minimum Gasteiger partial charge on any atom is -0.352 e. The zero-order chi connectivity index (χ0) is 14.5. The van der Waals surface area contributed by atoms with Crippen molar-refractivity contribution < 1.29 is 4.79 Å². The lowest BCUT2D eigenvalue weighted by atomic mass is 9.99. The van der Waals surface area contributed by atoms with Gasteiger partial charge < -0.3 is 10.6 Å². The molecule has 1 aliphatic rings. The number of piperidine rings is 1. The Bertz CT molecular complexity index is 591. The van der Waals surface area contributed by atoms with Crippen LogP contribution in [0.3, 0.4) is 0 Å². The van der Waals surface area contributed by atoms with Crippen LogP contribution in [0.4, 0.5) is 0 Å². The molecule has 7 nitrogen and oxygen atoms in total. The molecule has 1 aliphatic heterocycles. The van der Waals surface area contributed by atoms with Gasteiger partial charge in [0.25, 0.3) is 5.91 Å². The number of para-hydroxylation sites is 1. The number of carbonyl (C=O) groups excluding carboxylic acids is 1. The maximum atomic E-state index is 12.4. The van der Waals surface area contributed by atoms with Crippen molar-refractivity contribution in [3.05, 3.63) is 36.2 Å². The van der Waals surface area contributed by atoms with E-state index in [1.165, 1.54) is 17.4 Å². The number of hydrogen-bond donors (Lipinski definition) is 2.